The maximum absolute atomic E-state index is 11.7. The fourth-order valence-electron chi connectivity index (χ4n) is 1.62. The summed E-state index contributed by atoms with van der Waals surface area (Å²) in [4.78, 5) is 20.3. The standard InChI is InChI=1S/C9H12ClN3OS/c1-12-3-2-4-13(9(12)14)6-7-5-11-8(10)15-7/h5H,2-4,6H2,1H3. The zero-order chi connectivity index (χ0) is 10.8. The van der Waals surface area contributed by atoms with Gasteiger partial charge in [0.05, 0.1) is 6.54 Å². The van der Waals surface area contributed by atoms with Crippen LogP contribution in [0.3, 0.4) is 0 Å². The lowest BCUT2D eigenvalue weighted by atomic mass is 10.3. The second kappa shape index (κ2) is 4.37. The number of carbonyl (C=O) groups is 1. The van der Waals surface area contributed by atoms with Crippen molar-refractivity contribution in [2.24, 2.45) is 0 Å². The van der Waals surface area contributed by atoms with Gasteiger partial charge in [0.25, 0.3) is 0 Å². The first kappa shape index (κ1) is 10.7. The Balaban J connectivity index is 2.02. The molecule has 2 heterocycles. The van der Waals surface area contributed by atoms with Crippen LogP contribution in [-0.2, 0) is 6.54 Å². The smallest absolute Gasteiger partial charge is 0.320 e. The van der Waals surface area contributed by atoms with E-state index >= 15 is 0 Å². The van der Waals surface area contributed by atoms with E-state index < -0.39 is 0 Å². The van der Waals surface area contributed by atoms with E-state index in [9.17, 15) is 4.79 Å². The van der Waals surface area contributed by atoms with Gasteiger partial charge in [-0.1, -0.05) is 11.6 Å². The number of hydrogen-bond donors (Lipinski definition) is 0. The van der Waals surface area contributed by atoms with Crippen molar-refractivity contribution in [1.82, 2.24) is 14.8 Å². The Morgan fingerprint density at radius 1 is 1.60 bits per heavy atom. The lowest BCUT2D eigenvalue weighted by Gasteiger charge is -2.32. The average Bonchev–Trinajstić information content (AvgIpc) is 2.59. The number of halogens is 1. The van der Waals surface area contributed by atoms with E-state index in [2.05, 4.69) is 4.98 Å². The summed E-state index contributed by atoms with van der Waals surface area (Å²) in [6.07, 6.45) is 2.75. The van der Waals surface area contributed by atoms with E-state index in [0.717, 1.165) is 24.4 Å². The Morgan fingerprint density at radius 3 is 3.07 bits per heavy atom. The van der Waals surface area contributed by atoms with Crippen LogP contribution in [0.15, 0.2) is 6.20 Å². The van der Waals surface area contributed by atoms with Crippen LogP contribution in [0.1, 0.15) is 11.3 Å². The monoisotopic (exact) mass is 245 g/mol. The van der Waals surface area contributed by atoms with Crippen LogP contribution in [-0.4, -0.2) is 41.0 Å². The number of rotatable bonds is 2. The van der Waals surface area contributed by atoms with Crippen LogP contribution < -0.4 is 0 Å². The van der Waals surface area contributed by atoms with Crippen molar-refractivity contribution in [2.45, 2.75) is 13.0 Å². The predicted octanol–water partition coefficient (Wildman–Crippen LogP) is 2.05. The Kier molecular flexibility index (Phi) is 3.11. The molecule has 15 heavy (non-hydrogen) atoms. The van der Waals surface area contributed by atoms with Gasteiger partial charge in [-0.25, -0.2) is 9.78 Å². The molecule has 0 bridgehead atoms. The highest BCUT2D eigenvalue weighted by Crippen LogP contribution is 2.20. The molecule has 1 aromatic rings. The molecule has 1 aromatic heterocycles. The first-order valence-corrected chi connectivity index (χ1v) is 5.96. The maximum Gasteiger partial charge on any atom is 0.320 e. The van der Waals surface area contributed by atoms with E-state index in [1.54, 1.807) is 11.1 Å². The van der Waals surface area contributed by atoms with Crippen LogP contribution in [0.5, 0.6) is 0 Å². The minimum absolute atomic E-state index is 0.0887. The Bertz CT molecular complexity index is 368. The highest BCUT2D eigenvalue weighted by atomic mass is 35.5. The van der Waals surface area contributed by atoms with Gasteiger partial charge in [0.2, 0.25) is 0 Å². The van der Waals surface area contributed by atoms with Gasteiger partial charge in [0.15, 0.2) is 4.47 Å². The molecule has 0 spiro atoms. The largest absolute Gasteiger partial charge is 0.328 e. The number of carbonyl (C=O) groups excluding carboxylic acids is 1. The Labute approximate surface area is 97.5 Å². The molecule has 2 rings (SSSR count). The third-order valence-corrected chi connectivity index (χ3v) is 3.49. The van der Waals surface area contributed by atoms with Gasteiger partial charge >= 0.3 is 6.03 Å². The highest BCUT2D eigenvalue weighted by Gasteiger charge is 2.22. The van der Waals surface area contributed by atoms with Crippen molar-refractivity contribution in [3.05, 3.63) is 15.5 Å². The fourth-order valence-corrected chi connectivity index (χ4v) is 2.62. The minimum Gasteiger partial charge on any atom is -0.328 e. The second-order valence-electron chi connectivity index (χ2n) is 3.56. The third kappa shape index (κ3) is 2.41. The van der Waals surface area contributed by atoms with Crippen molar-refractivity contribution in [3.8, 4) is 0 Å². The van der Waals surface area contributed by atoms with Gasteiger partial charge in [-0.05, 0) is 6.42 Å². The summed E-state index contributed by atoms with van der Waals surface area (Å²) in [6, 6.07) is 0.0887. The molecule has 2 amide bonds. The molecular weight excluding hydrogens is 234 g/mol. The van der Waals surface area contributed by atoms with Crippen LogP contribution in [0.2, 0.25) is 4.47 Å². The number of hydrogen-bond acceptors (Lipinski definition) is 3. The fraction of sp³-hybridized carbons (Fsp3) is 0.556. The van der Waals surface area contributed by atoms with Crippen molar-refractivity contribution in [1.29, 1.82) is 0 Å². The summed E-state index contributed by atoms with van der Waals surface area (Å²) in [5.74, 6) is 0. The third-order valence-electron chi connectivity index (χ3n) is 2.39. The molecule has 0 aliphatic carbocycles. The first-order valence-electron chi connectivity index (χ1n) is 4.77. The van der Waals surface area contributed by atoms with Crippen molar-refractivity contribution >= 4 is 29.0 Å². The average molecular weight is 246 g/mol. The summed E-state index contributed by atoms with van der Waals surface area (Å²) in [5.41, 5.74) is 0. The van der Waals surface area contributed by atoms with Crippen molar-refractivity contribution < 1.29 is 4.79 Å². The Morgan fingerprint density at radius 2 is 2.40 bits per heavy atom. The zero-order valence-electron chi connectivity index (χ0n) is 8.44. The van der Waals surface area contributed by atoms with Gasteiger partial charge in [-0.2, -0.15) is 0 Å². The molecule has 4 nitrogen and oxygen atoms in total. The molecule has 0 saturated carbocycles. The van der Waals surface area contributed by atoms with Crippen LogP contribution in [0.4, 0.5) is 4.79 Å². The van der Waals surface area contributed by atoms with Gasteiger partial charge in [0, 0.05) is 31.2 Å². The summed E-state index contributed by atoms with van der Waals surface area (Å²) >= 11 is 7.16. The molecular formula is C9H12ClN3OS. The quantitative estimate of drug-likeness (QED) is 0.800. The molecule has 82 valence electrons. The number of urea groups is 1. The molecule has 0 aromatic carbocycles. The summed E-state index contributed by atoms with van der Waals surface area (Å²) in [5, 5.41) is 0. The van der Waals surface area contributed by atoms with Gasteiger partial charge < -0.3 is 9.80 Å². The lowest BCUT2D eigenvalue weighted by molar-refractivity contribution is 0.138. The van der Waals surface area contributed by atoms with E-state index in [1.807, 2.05) is 11.9 Å². The van der Waals surface area contributed by atoms with Gasteiger partial charge in [-0.15, -0.1) is 11.3 Å². The van der Waals surface area contributed by atoms with Crippen molar-refractivity contribution in [3.63, 3.8) is 0 Å². The summed E-state index contributed by atoms with van der Waals surface area (Å²) in [6.45, 7) is 2.28. The molecule has 1 saturated heterocycles. The van der Waals surface area contributed by atoms with Gasteiger partial charge in [0.1, 0.15) is 0 Å². The van der Waals surface area contributed by atoms with E-state index in [1.165, 1.54) is 11.3 Å². The molecule has 1 fully saturated rings. The second-order valence-corrected chi connectivity index (χ2v) is 5.26. The number of amides is 2. The molecule has 0 N–H and O–H groups in total. The molecule has 1 aliphatic heterocycles. The van der Waals surface area contributed by atoms with E-state index in [0.29, 0.717) is 11.0 Å². The van der Waals surface area contributed by atoms with E-state index in [-0.39, 0.29) is 6.03 Å². The highest BCUT2D eigenvalue weighted by molar-refractivity contribution is 7.15. The van der Waals surface area contributed by atoms with E-state index in [4.69, 9.17) is 11.6 Å². The number of thiazole rings is 1. The lowest BCUT2D eigenvalue weighted by Crippen LogP contribution is -2.46. The molecule has 1 aliphatic rings. The van der Waals surface area contributed by atoms with Crippen LogP contribution in [0, 0.1) is 0 Å². The number of aromatic nitrogens is 1. The molecule has 0 radical (unpaired) electrons. The maximum atomic E-state index is 11.7. The zero-order valence-corrected chi connectivity index (χ0v) is 10.0. The molecule has 6 heteroatoms. The Hall–Kier alpha value is -0.810. The SMILES string of the molecule is CN1CCCN(Cc2cnc(Cl)s2)C1=O. The topological polar surface area (TPSA) is 36.4 Å². The van der Waals surface area contributed by atoms with Crippen LogP contribution in [0.25, 0.3) is 0 Å². The summed E-state index contributed by atoms with van der Waals surface area (Å²) < 4.78 is 0.530. The van der Waals surface area contributed by atoms with Crippen molar-refractivity contribution in [2.75, 3.05) is 20.1 Å². The van der Waals surface area contributed by atoms with Crippen LogP contribution >= 0.6 is 22.9 Å². The molecule has 0 unspecified atom stereocenters. The summed E-state index contributed by atoms with van der Waals surface area (Å²) in [7, 11) is 1.83. The minimum atomic E-state index is 0.0887. The predicted molar refractivity (Wildman–Crippen MR) is 60.2 cm³/mol. The molecule has 0 atom stereocenters. The number of nitrogens with zero attached hydrogens (tertiary/aromatic N) is 3. The first-order chi connectivity index (χ1) is 7.16. The van der Waals surface area contributed by atoms with Gasteiger partial charge in [-0.3, -0.25) is 0 Å². The normalized spacial score (nSPS) is 17.3.